The van der Waals surface area contributed by atoms with E-state index in [1.807, 2.05) is 0 Å². The number of rotatable bonds is 2. The van der Waals surface area contributed by atoms with E-state index in [4.69, 9.17) is 10.00 Å². The molecule has 96 valence electrons. The first-order valence-electron chi connectivity index (χ1n) is 5.49. The fourth-order valence-corrected chi connectivity index (χ4v) is 1.80. The summed E-state index contributed by atoms with van der Waals surface area (Å²) in [4.78, 5) is 0. The normalized spacial score (nSPS) is 19.6. The predicted octanol–water partition coefficient (Wildman–Crippen LogP) is 2.32. The summed E-state index contributed by atoms with van der Waals surface area (Å²) in [5, 5.41) is 11.9. The molecule has 0 aromatic heterocycles. The molecule has 2 rings (SSSR count). The molecule has 1 N–H and O–H groups in total. The molecular weight excluding hydrogens is 245 g/mol. The molecule has 1 heterocycles. The molecule has 1 aliphatic heterocycles. The zero-order chi connectivity index (χ0) is 13.2. The van der Waals surface area contributed by atoms with E-state index in [2.05, 4.69) is 5.32 Å². The van der Waals surface area contributed by atoms with Gasteiger partial charge in [-0.15, -0.1) is 0 Å². The number of nitriles is 1. The molecule has 1 aromatic rings. The monoisotopic (exact) mass is 256 g/mol. The van der Waals surface area contributed by atoms with Gasteiger partial charge in [0, 0.05) is 6.54 Å². The Morgan fingerprint density at radius 3 is 2.72 bits per heavy atom. The minimum Gasteiger partial charge on any atom is -0.488 e. The highest BCUT2D eigenvalue weighted by molar-refractivity contribution is 5.46. The Labute approximate surface area is 102 Å². The van der Waals surface area contributed by atoms with Crippen molar-refractivity contribution in [2.75, 3.05) is 13.1 Å². The zero-order valence-electron chi connectivity index (χ0n) is 9.42. The van der Waals surface area contributed by atoms with Crippen molar-refractivity contribution in [3.63, 3.8) is 0 Å². The number of halogens is 3. The first kappa shape index (κ1) is 12.7. The number of hydrogen-bond donors (Lipinski definition) is 1. The van der Waals surface area contributed by atoms with Crippen LogP contribution in [0.3, 0.4) is 0 Å². The van der Waals surface area contributed by atoms with Gasteiger partial charge >= 0.3 is 6.18 Å². The number of ether oxygens (including phenoxy) is 1. The van der Waals surface area contributed by atoms with Crippen molar-refractivity contribution in [1.29, 1.82) is 5.26 Å². The lowest BCUT2D eigenvalue weighted by Crippen LogP contribution is -2.20. The maximum absolute atomic E-state index is 12.5. The first-order valence-corrected chi connectivity index (χ1v) is 5.49. The average molecular weight is 256 g/mol. The SMILES string of the molecule is N#Cc1cc(C(F)(F)F)ccc1OC1CCNC1. The van der Waals surface area contributed by atoms with E-state index in [0.717, 1.165) is 25.1 Å². The fraction of sp³-hybridized carbons (Fsp3) is 0.417. The Balaban J connectivity index is 2.23. The Bertz CT molecular complexity index is 473. The molecule has 3 nitrogen and oxygen atoms in total. The second kappa shape index (κ2) is 4.86. The van der Waals surface area contributed by atoms with E-state index in [1.54, 1.807) is 6.07 Å². The minimum atomic E-state index is -4.45. The highest BCUT2D eigenvalue weighted by atomic mass is 19.4. The summed E-state index contributed by atoms with van der Waals surface area (Å²) in [6, 6.07) is 4.69. The van der Waals surface area contributed by atoms with Gasteiger partial charge in [-0.05, 0) is 31.2 Å². The second-order valence-electron chi connectivity index (χ2n) is 4.05. The van der Waals surface area contributed by atoms with E-state index in [-0.39, 0.29) is 17.4 Å². The summed E-state index contributed by atoms with van der Waals surface area (Å²) < 4.78 is 43.0. The number of alkyl halides is 3. The van der Waals surface area contributed by atoms with Crippen LogP contribution in [0.1, 0.15) is 17.5 Å². The van der Waals surface area contributed by atoms with Crippen molar-refractivity contribution in [3.05, 3.63) is 29.3 Å². The summed E-state index contributed by atoms with van der Waals surface area (Å²) in [5.41, 5.74) is -0.923. The van der Waals surface area contributed by atoms with Crippen LogP contribution in [0.15, 0.2) is 18.2 Å². The third-order valence-electron chi connectivity index (χ3n) is 2.74. The Hall–Kier alpha value is -1.74. The average Bonchev–Trinajstić information content (AvgIpc) is 2.81. The van der Waals surface area contributed by atoms with Crippen LogP contribution in [0, 0.1) is 11.3 Å². The molecule has 0 amide bonds. The fourth-order valence-electron chi connectivity index (χ4n) is 1.80. The Morgan fingerprint density at radius 2 is 2.17 bits per heavy atom. The van der Waals surface area contributed by atoms with Crippen LogP contribution in [0.2, 0.25) is 0 Å². The van der Waals surface area contributed by atoms with Crippen molar-refractivity contribution in [2.45, 2.75) is 18.7 Å². The molecule has 1 unspecified atom stereocenters. The van der Waals surface area contributed by atoms with Crippen LogP contribution >= 0.6 is 0 Å². The van der Waals surface area contributed by atoms with Crippen molar-refractivity contribution in [2.24, 2.45) is 0 Å². The number of nitrogens with one attached hydrogen (secondary N) is 1. The third-order valence-corrected chi connectivity index (χ3v) is 2.74. The quantitative estimate of drug-likeness (QED) is 0.883. The highest BCUT2D eigenvalue weighted by Crippen LogP contribution is 2.32. The molecular formula is C12H11F3N2O. The summed E-state index contributed by atoms with van der Waals surface area (Å²) in [7, 11) is 0. The van der Waals surface area contributed by atoms with Gasteiger partial charge in [0.05, 0.1) is 11.1 Å². The third kappa shape index (κ3) is 2.74. The molecule has 1 saturated heterocycles. The van der Waals surface area contributed by atoms with Gasteiger partial charge in [0.25, 0.3) is 0 Å². The summed E-state index contributed by atoms with van der Waals surface area (Å²) in [6.07, 6.45) is -3.75. The standard InChI is InChI=1S/C12H11F3N2O/c13-12(14,15)9-1-2-11(8(5-9)6-16)18-10-3-4-17-7-10/h1-2,5,10,17H,3-4,7H2. The first-order chi connectivity index (χ1) is 8.50. The number of nitrogens with zero attached hydrogens (tertiary/aromatic N) is 1. The number of benzene rings is 1. The molecule has 0 spiro atoms. The smallest absolute Gasteiger partial charge is 0.416 e. The summed E-state index contributed by atoms with van der Waals surface area (Å²) in [5.74, 6) is 0.208. The van der Waals surface area contributed by atoms with Gasteiger partial charge in [-0.25, -0.2) is 0 Å². The summed E-state index contributed by atoms with van der Waals surface area (Å²) >= 11 is 0. The molecule has 1 aliphatic rings. The maximum Gasteiger partial charge on any atom is 0.416 e. The zero-order valence-corrected chi connectivity index (χ0v) is 9.42. The van der Waals surface area contributed by atoms with Gasteiger partial charge < -0.3 is 10.1 Å². The van der Waals surface area contributed by atoms with E-state index in [1.165, 1.54) is 6.07 Å². The molecule has 0 bridgehead atoms. The van der Waals surface area contributed by atoms with Crippen LogP contribution in [0.4, 0.5) is 13.2 Å². The maximum atomic E-state index is 12.5. The van der Waals surface area contributed by atoms with Crippen LogP contribution in [-0.2, 0) is 6.18 Å². The lowest BCUT2D eigenvalue weighted by molar-refractivity contribution is -0.137. The predicted molar refractivity (Wildman–Crippen MR) is 58.1 cm³/mol. The molecule has 1 aromatic carbocycles. The molecule has 18 heavy (non-hydrogen) atoms. The molecule has 1 atom stereocenters. The van der Waals surface area contributed by atoms with E-state index in [9.17, 15) is 13.2 Å². The topological polar surface area (TPSA) is 45.0 Å². The van der Waals surface area contributed by atoms with Gasteiger partial charge in [-0.2, -0.15) is 18.4 Å². The van der Waals surface area contributed by atoms with E-state index >= 15 is 0 Å². The largest absolute Gasteiger partial charge is 0.488 e. The van der Waals surface area contributed by atoms with Crippen molar-refractivity contribution < 1.29 is 17.9 Å². The Kier molecular flexibility index (Phi) is 3.43. The molecule has 1 fully saturated rings. The van der Waals surface area contributed by atoms with Gasteiger partial charge in [0.1, 0.15) is 17.9 Å². The van der Waals surface area contributed by atoms with Gasteiger partial charge in [0.15, 0.2) is 0 Å². The molecule has 0 aliphatic carbocycles. The van der Waals surface area contributed by atoms with Crippen molar-refractivity contribution in [3.8, 4) is 11.8 Å². The Morgan fingerprint density at radius 1 is 1.39 bits per heavy atom. The minimum absolute atomic E-state index is 0.0864. The van der Waals surface area contributed by atoms with Crippen molar-refractivity contribution >= 4 is 0 Å². The van der Waals surface area contributed by atoms with Crippen LogP contribution < -0.4 is 10.1 Å². The van der Waals surface area contributed by atoms with Crippen molar-refractivity contribution in [1.82, 2.24) is 5.32 Å². The lowest BCUT2D eigenvalue weighted by atomic mass is 10.1. The van der Waals surface area contributed by atoms with Gasteiger partial charge in [-0.3, -0.25) is 0 Å². The van der Waals surface area contributed by atoms with Gasteiger partial charge in [-0.1, -0.05) is 0 Å². The molecule has 0 saturated carbocycles. The van der Waals surface area contributed by atoms with Crippen LogP contribution in [-0.4, -0.2) is 19.2 Å². The van der Waals surface area contributed by atoms with Crippen LogP contribution in [0.25, 0.3) is 0 Å². The van der Waals surface area contributed by atoms with E-state index in [0.29, 0.717) is 6.54 Å². The van der Waals surface area contributed by atoms with Crippen LogP contribution in [0.5, 0.6) is 5.75 Å². The molecule has 0 radical (unpaired) electrons. The second-order valence-corrected chi connectivity index (χ2v) is 4.05. The highest BCUT2D eigenvalue weighted by Gasteiger charge is 2.31. The number of hydrogen-bond acceptors (Lipinski definition) is 3. The molecule has 6 heteroatoms. The lowest BCUT2D eigenvalue weighted by Gasteiger charge is -2.15. The van der Waals surface area contributed by atoms with E-state index < -0.39 is 11.7 Å². The summed E-state index contributed by atoms with van der Waals surface area (Å²) in [6.45, 7) is 1.46. The van der Waals surface area contributed by atoms with Gasteiger partial charge in [0.2, 0.25) is 0 Å².